The van der Waals surface area contributed by atoms with E-state index in [0.29, 0.717) is 13.2 Å². The molecule has 1 unspecified atom stereocenters. The van der Waals surface area contributed by atoms with E-state index >= 15 is 0 Å². The van der Waals surface area contributed by atoms with Crippen LogP contribution < -0.4 is 5.32 Å². The summed E-state index contributed by atoms with van der Waals surface area (Å²) < 4.78 is 14.1. The lowest BCUT2D eigenvalue weighted by atomic mass is 10.1. The smallest absolute Gasteiger partial charge is 0.0741 e. The van der Waals surface area contributed by atoms with E-state index in [-0.39, 0.29) is 11.6 Å². The zero-order valence-electron chi connectivity index (χ0n) is 13.8. The monoisotopic (exact) mass is 361 g/mol. The van der Waals surface area contributed by atoms with Crippen molar-refractivity contribution >= 4 is 15.9 Å². The van der Waals surface area contributed by atoms with E-state index in [1.807, 2.05) is 10.9 Å². The minimum Gasteiger partial charge on any atom is -0.383 e. The zero-order chi connectivity index (χ0) is 15.9. The highest BCUT2D eigenvalue weighted by Crippen LogP contribution is 2.25. The third kappa shape index (κ3) is 6.46. The third-order valence-corrected chi connectivity index (χ3v) is 3.61. The van der Waals surface area contributed by atoms with Gasteiger partial charge in [-0.2, -0.15) is 5.10 Å². The number of methoxy groups -OCH3 is 1. The highest BCUT2D eigenvalue weighted by molar-refractivity contribution is 9.10. The van der Waals surface area contributed by atoms with Crippen LogP contribution in [0.2, 0.25) is 0 Å². The molecule has 0 saturated heterocycles. The molecule has 1 atom stereocenters. The number of halogens is 1. The van der Waals surface area contributed by atoms with Crippen LogP contribution in [0.5, 0.6) is 0 Å². The minimum absolute atomic E-state index is 0.109. The highest BCUT2D eigenvalue weighted by atomic mass is 79.9. The van der Waals surface area contributed by atoms with Crippen LogP contribution in [0.4, 0.5) is 0 Å². The number of hydrogen-bond acceptors (Lipinski definition) is 4. The molecule has 0 amide bonds. The molecule has 122 valence electrons. The van der Waals surface area contributed by atoms with Gasteiger partial charge in [0.1, 0.15) is 0 Å². The molecule has 21 heavy (non-hydrogen) atoms. The van der Waals surface area contributed by atoms with E-state index in [1.54, 1.807) is 7.11 Å². The van der Waals surface area contributed by atoms with Crippen molar-refractivity contribution in [2.24, 2.45) is 0 Å². The Kier molecular flexibility index (Phi) is 7.87. The Morgan fingerprint density at radius 3 is 2.71 bits per heavy atom. The van der Waals surface area contributed by atoms with Crippen molar-refractivity contribution in [3.63, 3.8) is 0 Å². The molecule has 0 fully saturated rings. The van der Waals surface area contributed by atoms with Crippen LogP contribution in [-0.4, -0.2) is 42.2 Å². The number of nitrogens with one attached hydrogen (secondary N) is 1. The Morgan fingerprint density at radius 1 is 1.43 bits per heavy atom. The molecular weight excluding hydrogens is 334 g/mol. The SMILES string of the molecule is CCCNC(COC(C)(C)C)c1c(Br)cnn1CCOC. The van der Waals surface area contributed by atoms with E-state index in [2.05, 4.69) is 54.0 Å². The predicted octanol–water partition coefficient (Wildman–Crippen LogP) is 3.15. The minimum atomic E-state index is -0.157. The van der Waals surface area contributed by atoms with Crippen molar-refractivity contribution in [3.05, 3.63) is 16.4 Å². The molecule has 6 heteroatoms. The molecule has 0 bridgehead atoms. The average molecular weight is 362 g/mol. The van der Waals surface area contributed by atoms with Crippen molar-refractivity contribution in [2.75, 3.05) is 26.9 Å². The topological polar surface area (TPSA) is 48.3 Å². The molecule has 1 rings (SSSR count). The number of hydrogen-bond donors (Lipinski definition) is 1. The Balaban J connectivity index is 2.87. The first kappa shape index (κ1) is 18.6. The van der Waals surface area contributed by atoms with Crippen molar-refractivity contribution in [2.45, 2.75) is 52.3 Å². The van der Waals surface area contributed by atoms with Crippen LogP contribution in [0.15, 0.2) is 10.7 Å². The fourth-order valence-electron chi connectivity index (χ4n) is 1.96. The normalized spacial score (nSPS) is 13.6. The first-order chi connectivity index (χ1) is 9.89. The van der Waals surface area contributed by atoms with Gasteiger partial charge in [0.15, 0.2) is 0 Å². The highest BCUT2D eigenvalue weighted by Gasteiger charge is 2.22. The molecule has 0 saturated carbocycles. The van der Waals surface area contributed by atoms with Crippen LogP contribution in [0.3, 0.4) is 0 Å². The predicted molar refractivity (Wildman–Crippen MR) is 88.5 cm³/mol. The number of ether oxygens (including phenoxy) is 2. The standard InChI is InChI=1S/C15H28BrN3O2/c1-6-7-17-13(11-21-15(2,3)4)14-12(16)10-18-19(14)8-9-20-5/h10,13,17H,6-9,11H2,1-5H3. The molecule has 0 aliphatic rings. The molecule has 1 aromatic rings. The fourth-order valence-corrected chi connectivity index (χ4v) is 2.53. The second-order valence-electron chi connectivity index (χ2n) is 6.02. The summed E-state index contributed by atoms with van der Waals surface area (Å²) in [5.41, 5.74) is 0.959. The molecule has 0 aromatic carbocycles. The molecule has 5 nitrogen and oxygen atoms in total. The quantitative estimate of drug-likeness (QED) is 0.733. The summed E-state index contributed by atoms with van der Waals surface area (Å²) >= 11 is 3.60. The Labute approximate surface area is 136 Å². The van der Waals surface area contributed by atoms with Gasteiger partial charge in [-0.25, -0.2) is 0 Å². The number of aromatic nitrogens is 2. The third-order valence-electron chi connectivity index (χ3n) is 2.99. The van der Waals surface area contributed by atoms with E-state index in [4.69, 9.17) is 9.47 Å². The average Bonchev–Trinajstić information content (AvgIpc) is 2.77. The van der Waals surface area contributed by atoms with Gasteiger partial charge >= 0.3 is 0 Å². The largest absolute Gasteiger partial charge is 0.383 e. The van der Waals surface area contributed by atoms with Gasteiger partial charge in [-0.15, -0.1) is 0 Å². The fraction of sp³-hybridized carbons (Fsp3) is 0.800. The van der Waals surface area contributed by atoms with Gasteiger partial charge in [0.25, 0.3) is 0 Å². The van der Waals surface area contributed by atoms with Gasteiger partial charge in [0, 0.05) is 7.11 Å². The lowest BCUT2D eigenvalue weighted by molar-refractivity contribution is -0.0160. The lowest BCUT2D eigenvalue weighted by Crippen LogP contribution is -2.32. The van der Waals surface area contributed by atoms with Crippen molar-refractivity contribution in [1.82, 2.24) is 15.1 Å². The first-order valence-corrected chi connectivity index (χ1v) is 8.25. The number of rotatable bonds is 9. The van der Waals surface area contributed by atoms with Crippen molar-refractivity contribution < 1.29 is 9.47 Å². The summed E-state index contributed by atoms with van der Waals surface area (Å²) in [7, 11) is 1.70. The zero-order valence-corrected chi connectivity index (χ0v) is 15.4. The maximum absolute atomic E-state index is 5.97. The summed E-state index contributed by atoms with van der Waals surface area (Å²) in [6, 6.07) is 0.109. The van der Waals surface area contributed by atoms with Gasteiger partial charge in [-0.1, -0.05) is 6.92 Å². The number of nitrogens with zero attached hydrogens (tertiary/aromatic N) is 2. The van der Waals surface area contributed by atoms with Crippen LogP contribution >= 0.6 is 15.9 Å². The van der Waals surface area contributed by atoms with Gasteiger partial charge in [-0.05, 0) is 49.7 Å². The maximum atomic E-state index is 5.97. The van der Waals surface area contributed by atoms with Crippen LogP contribution in [0, 0.1) is 0 Å². The Hall–Kier alpha value is -0.430. The molecule has 0 aliphatic carbocycles. The van der Waals surface area contributed by atoms with Gasteiger partial charge < -0.3 is 14.8 Å². The van der Waals surface area contributed by atoms with Gasteiger partial charge in [-0.3, -0.25) is 4.68 Å². The molecule has 1 N–H and O–H groups in total. The summed E-state index contributed by atoms with van der Waals surface area (Å²) in [5.74, 6) is 0. The summed E-state index contributed by atoms with van der Waals surface area (Å²) in [6.45, 7) is 11.3. The van der Waals surface area contributed by atoms with Crippen molar-refractivity contribution in [1.29, 1.82) is 0 Å². The summed E-state index contributed by atoms with van der Waals surface area (Å²) in [4.78, 5) is 0. The van der Waals surface area contributed by atoms with E-state index < -0.39 is 0 Å². The first-order valence-electron chi connectivity index (χ1n) is 7.46. The summed E-state index contributed by atoms with van der Waals surface area (Å²) in [5, 5.41) is 7.97. The van der Waals surface area contributed by atoms with E-state index in [0.717, 1.165) is 29.7 Å². The Morgan fingerprint density at radius 2 is 2.14 bits per heavy atom. The summed E-state index contributed by atoms with van der Waals surface area (Å²) in [6.07, 6.45) is 2.92. The second kappa shape index (κ2) is 8.88. The Bertz CT molecular complexity index is 416. The molecular formula is C15H28BrN3O2. The van der Waals surface area contributed by atoms with Gasteiger partial charge in [0.05, 0.1) is 47.8 Å². The van der Waals surface area contributed by atoms with Crippen LogP contribution in [0.25, 0.3) is 0 Å². The molecule has 0 radical (unpaired) electrons. The molecule has 1 aromatic heterocycles. The molecule has 0 aliphatic heterocycles. The van der Waals surface area contributed by atoms with Gasteiger partial charge in [0.2, 0.25) is 0 Å². The van der Waals surface area contributed by atoms with Crippen LogP contribution in [-0.2, 0) is 16.0 Å². The maximum Gasteiger partial charge on any atom is 0.0741 e. The van der Waals surface area contributed by atoms with E-state index in [9.17, 15) is 0 Å². The molecule has 0 spiro atoms. The van der Waals surface area contributed by atoms with Crippen LogP contribution in [0.1, 0.15) is 45.9 Å². The molecule has 1 heterocycles. The van der Waals surface area contributed by atoms with E-state index in [1.165, 1.54) is 0 Å². The van der Waals surface area contributed by atoms with Crippen molar-refractivity contribution in [3.8, 4) is 0 Å². The lowest BCUT2D eigenvalue weighted by Gasteiger charge is -2.26. The second-order valence-corrected chi connectivity index (χ2v) is 6.88.